The molecule has 1 aliphatic rings. The second-order valence-corrected chi connectivity index (χ2v) is 4.29. The summed E-state index contributed by atoms with van der Waals surface area (Å²) in [6.07, 6.45) is 2.04. The van der Waals surface area contributed by atoms with Gasteiger partial charge in [0.25, 0.3) is 0 Å². The molecule has 15 heavy (non-hydrogen) atoms. The second-order valence-electron chi connectivity index (χ2n) is 3.51. The molecule has 1 fully saturated rings. The fourth-order valence-electron chi connectivity index (χ4n) is 1.57. The van der Waals surface area contributed by atoms with Crippen LogP contribution in [0.2, 0.25) is 0 Å². The molecule has 0 aromatic carbocycles. The Morgan fingerprint density at radius 3 is 3.13 bits per heavy atom. The van der Waals surface area contributed by atoms with Crippen LogP contribution < -0.4 is 10.6 Å². The van der Waals surface area contributed by atoms with Gasteiger partial charge in [-0.2, -0.15) is 11.3 Å². The van der Waals surface area contributed by atoms with Gasteiger partial charge in [0.15, 0.2) is 0 Å². The summed E-state index contributed by atoms with van der Waals surface area (Å²) in [6, 6.07) is 1.47. The van der Waals surface area contributed by atoms with Crippen molar-refractivity contribution in [2.45, 2.75) is 25.3 Å². The zero-order chi connectivity index (χ0) is 10.7. The van der Waals surface area contributed by atoms with E-state index in [1.54, 1.807) is 0 Å². The van der Waals surface area contributed by atoms with Crippen molar-refractivity contribution >= 4 is 28.8 Å². The minimum absolute atomic E-state index is 0.0354. The van der Waals surface area contributed by atoms with E-state index in [2.05, 4.69) is 10.6 Å². The number of thiophene rings is 1. The number of carbonyl (C=O) groups excluding carboxylic acids is 2. The van der Waals surface area contributed by atoms with Crippen LogP contribution >= 0.6 is 11.3 Å². The normalized spacial score (nSPS) is 20.8. The van der Waals surface area contributed by atoms with Crippen molar-refractivity contribution in [1.29, 1.82) is 0 Å². The number of amides is 2. The number of anilines is 1. The third-order valence-electron chi connectivity index (χ3n) is 2.34. The van der Waals surface area contributed by atoms with E-state index in [0.717, 1.165) is 18.5 Å². The molecule has 0 saturated carbocycles. The van der Waals surface area contributed by atoms with Crippen molar-refractivity contribution in [2.24, 2.45) is 0 Å². The van der Waals surface area contributed by atoms with E-state index in [4.69, 9.17) is 0 Å². The zero-order valence-corrected chi connectivity index (χ0v) is 8.97. The predicted octanol–water partition coefficient (Wildman–Crippen LogP) is 1.36. The summed E-state index contributed by atoms with van der Waals surface area (Å²) in [5, 5.41) is 9.21. The topological polar surface area (TPSA) is 58.2 Å². The predicted molar refractivity (Wildman–Crippen MR) is 58.7 cm³/mol. The van der Waals surface area contributed by atoms with Crippen molar-refractivity contribution in [3.8, 4) is 0 Å². The molecular formula is C10H12N2O2S. The summed E-state index contributed by atoms with van der Waals surface area (Å²) < 4.78 is 0. The Balaban J connectivity index is 1.93. The van der Waals surface area contributed by atoms with Crippen molar-refractivity contribution in [3.63, 3.8) is 0 Å². The van der Waals surface area contributed by atoms with E-state index < -0.39 is 0 Å². The lowest BCUT2D eigenvalue weighted by molar-refractivity contribution is -0.128. The van der Waals surface area contributed by atoms with Gasteiger partial charge in [-0.15, -0.1) is 0 Å². The highest BCUT2D eigenvalue weighted by molar-refractivity contribution is 7.08. The van der Waals surface area contributed by atoms with Crippen molar-refractivity contribution in [3.05, 3.63) is 16.8 Å². The monoisotopic (exact) mass is 224 g/mol. The smallest absolute Gasteiger partial charge is 0.246 e. The first-order valence-corrected chi connectivity index (χ1v) is 5.82. The number of rotatable bonds is 2. The van der Waals surface area contributed by atoms with E-state index >= 15 is 0 Å². The number of piperidine rings is 1. The van der Waals surface area contributed by atoms with Crippen molar-refractivity contribution < 1.29 is 9.59 Å². The first kappa shape index (κ1) is 10.2. The summed E-state index contributed by atoms with van der Waals surface area (Å²) in [5.74, 6) is -0.159. The van der Waals surface area contributed by atoms with E-state index in [1.807, 2.05) is 16.8 Å². The fourth-order valence-corrected chi connectivity index (χ4v) is 2.15. The van der Waals surface area contributed by atoms with Gasteiger partial charge in [-0.3, -0.25) is 9.59 Å². The number of hydrogen-bond acceptors (Lipinski definition) is 3. The van der Waals surface area contributed by atoms with Crippen LogP contribution in [0.15, 0.2) is 16.8 Å². The largest absolute Gasteiger partial charge is 0.344 e. The van der Waals surface area contributed by atoms with Crippen LogP contribution in [0.25, 0.3) is 0 Å². The molecule has 5 heteroatoms. The Morgan fingerprint density at radius 1 is 1.60 bits per heavy atom. The quantitative estimate of drug-likeness (QED) is 0.796. The minimum Gasteiger partial charge on any atom is -0.344 e. The number of nitrogens with one attached hydrogen (secondary N) is 2. The van der Waals surface area contributed by atoms with Gasteiger partial charge in [0.2, 0.25) is 11.8 Å². The molecule has 2 N–H and O–H groups in total. The van der Waals surface area contributed by atoms with Gasteiger partial charge in [-0.1, -0.05) is 0 Å². The van der Waals surface area contributed by atoms with Gasteiger partial charge < -0.3 is 10.6 Å². The lowest BCUT2D eigenvalue weighted by Crippen LogP contribution is -2.46. The van der Waals surface area contributed by atoms with Crippen LogP contribution in [-0.4, -0.2) is 17.9 Å². The maximum Gasteiger partial charge on any atom is 0.246 e. The van der Waals surface area contributed by atoms with Gasteiger partial charge >= 0.3 is 0 Å². The van der Waals surface area contributed by atoms with Crippen LogP contribution in [0.3, 0.4) is 0 Å². The molecule has 1 saturated heterocycles. The van der Waals surface area contributed by atoms with Gasteiger partial charge in [0.05, 0.1) is 5.69 Å². The minimum atomic E-state index is -0.369. The second kappa shape index (κ2) is 4.44. The Morgan fingerprint density at radius 2 is 2.47 bits per heavy atom. The molecule has 0 aliphatic carbocycles. The molecule has 2 amide bonds. The average molecular weight is 224 g/mol. The molecule has 0 spiro atoms. The molecule has 1 atom stereocenters. The zero-order valence-electron chi connectivity index (χ0n) is 8.16. The highest BCUT2D eigenvalue weighted by atomic mass is 32.1. The highest BCUT2D eigenvalue weighted by Gasteiger charge is 2.24. The third kappa shape index (κ3) is 2.56. The first-order valence-electron chi connectivity index (χ1n) is 4.88. The molecule has 2 rings (SSSR count). The maximum absolute atomic E-state index is 11.7. The summed E-state index contributed by atoms with van der Waals surface area (Å²) in [6.45, 7) is 0. The number of hydrogen-bond donors (Lipinski definition) is 2. The molecule has 2 heterocycles. The standard InChI is InChI=1S/C10H12N2O2S/c13-9-3-1-2-8(12-9)10(14)11-7-4-5-15-6-7/h4-6,8H,1-3H2,(H,11,14)(H,12,13)/t8-/m1/s1. The lowest BCUT2D eigenvalue weighted by Gasteiger charge is -2.21. The van der Waals surface area contributed by atoms with Crippen LogP contribution in [0.1, 0.15) is 19.3 Å². The lowest BCUT2D eigenvalue weighted by atomic mass is 10.0. The van der Waals surface area contributed by atoms with Gasteiger partial charge in [-0.25, -0.2) is 0 Å². The molecule has 0 bridgehead atoms. The van der Waals surface area contributed by atoms with Crippen LogP contribution in [0, 0.1) is 0 Å². The van der Waals surface area contributed by atoms with Crippen LogP contribution in [-0.2, 0) is 9.59 Å². The van der Waals surface area contributed by atoms with Crippen molar-refractivity contribution in [2.75, 3.05) is 5.32 Å². The summed E-state index contributed by atoms with van der Waals surface area (Å²) in [5.41, 5.74) is 0.796. The summed E-state index contributed by atoms with van der Waals surface area (Å²) >= 11 is 1.53. The molecule has 1 aromatic heterocycles. The van der Waals surface area contributed by atoms with Gasteiger partial charge in [0.1, 0.15) is 6.04 Å². The van der Waals surface area contributed by atoms with E-state index in [9.17, 15) is 9.59 Å². The molecule has 4 nitrogen and oxygen atoms in total. The summed E-state index contributed by atoms with van der Waals surface area (Å²) in [7, 11) is 0. The van der Waals surface area contributed by atoms with Gasteiger partial charge in [0, 0.05) is 11.8 Å². The average Bonchev–Trinajstić information content (AvgIpc) is 2.70. The Labute approximate surface area is 91.7 Å². The fraction of sp³-hybridized carbons (Fsp3) is 0.400. The van der Waals surface area contributed by atoms with Gasteiger partial charge in [-0.05, 0) is 24.3 Å². The third-order valence-corrected chi connectivity index (χ3v) is 3.02. The maximum atomic E-state index is 11.7. The SMILES string of the molecule is O=C1CCC[C@H](C(=O)Nc2ccsc2)N1. The summed E-state index contributed by atoms with van der Waals surface area (Å²) in [4.78, 5) is 22.8. The molecule has 1 aromatic rings. The van der Waals surface area contributed by atoms with Crippen LogP contribution in [0.4, 0.5) is 5.69 Å². The van der Waals surface area contributed by atoms with E-state index in [-0.39, 0.29) is 17.9 Å². The molecule has 0 unspecified atom stereocenters. The Bertz CT molecular complexity index is 362. The Hall–Kier alpha value is -1.36. The molecule has 0 radical (unpaired) electrons. The molecule has 1 aliphatic heterocycles. The van der Waals surface area contributed by atoms with E-state index in [1.165, 1.54) is 11.3 Å². The van der Waals surface area contributed by atoms with Crippen LogP contribution in [0.5, 0.6) is 0 Å². The highest BCUT2D eigenvalue weighted by Crippen LogP contribution is 2.14. The molecular weight excluding hydrogens is 212 g/mol. The van der Waals surface area contributed by atoms with E-state index in [0.29, 0.717) is 6.42 Å². The Kier molecular flexibility index (Phi) is 3.01. The molecule has 80 valence electrons. The number of carbonyl (C=O) groups is 2. The first-order chi connectivity index (χ1) is 7.25. The van der Waals surface area contributed by atoms with Crippen molar-refractivity contribution in [1.82, 2.24) is 5.32 Å².